The van der Waals surface area contributed by atoms with Gasteiger partial charge in [0.25, 0.3) is 11.7 Å². The maximum absolute atomic E-state index is 12.9. The highest BCUT2D eigenvalue weighted by atomic mass is 16.2. The molecule has 28 heavy (non-hydrogen) atoms. The van der Waals surface area contributed by atoms with Crippen LogP contribution in [0, 0.1) is 6.92 Å². The second kappa shape index (κ2) is 6.56. The van der Waals surface area contributed by atoms with Crippen LogP contribution in [0.15, 0.2) is 48.8 Å². The van der Waals surface area contributed by atoms with Gasteiger partial charge >= 0.3 is 0 Å². The Morgan fingerprint density at radius 2 is 1.82 bits per heavy atom. The summed E-state index contributed by atoms with van der Waals surface area (Å²) in [6.07, 6.45) is 1.51. The average molecular weight is 373 g/mol. The lowest BCUT2D eigenvalue weighted by atomic mass is 10.2. The van der Waals surface area contributed by atoms with E-state index in [2.05, 4.69) is 25.0 Å². The third-order valence-corrected chi connectivity index (χ3v) is 5.07. The molecule has 8 nitrogen and oxygen atoms in total. The minimum atomic E-state index is -0.0257. The lowest BCUT2D eigenvalue weighted by molar-refractivity contribution is 0.0741. The quantitative estimate of drug-likeness (QED) is 0.534. The Morgan fingerprint density at radius 3 is 2.68 bits per heavy atom. The Bertz CT molecular complexity index is 1180. The minimum Gasteiger partial charge on any atom is -0.353 e. The average Bonchev–Trinajstić information content (AvgIpc) is 3.21. The number of fused-ring (bicyclic) bond motifs is 2. The third kappa shape index (κ3) is 2.83. The zero-order valence-electron chi connectivity index (χ0n) is 15.5. The van der Waals surface area contributed by atoms with Crippen LogP contribution in [-0.4, -0.2) is 61.6 Å². The standard InChI is InChI=1S/C20H19N7O/c1-14-12-18(27-20(23-14)21-13-22-27)25-8-10-26(11-9-25)19(28)17-7-6-15-4-2-3-5-16(15)24-17/h2-7,12-13H,8-11H2,1H3. The van der Waals surface area contributed by atoms with Gasteiger partial charge in [0.15, 0.2) is 0 Å². The van der Waals surface area contributed by atoms with Crippen molar-refractivity contribution in [3.05, 3.63) is 60.2 Å². The first kappa shape index (κ1) is 16.6. The molecule has 3 aromatic heterocycles. The number of amides is 1. The summed E-state index contributed by atoms with van der Waals surface area (Å²) in [4.78, 5) is 30.1. The summed E-state index contributed by atoms with van der Waals surface area (Å²) in [6, 6.07) is 13.6. The van der Waals surface area contributed by atoms with Crippen LogP contribution in [-0.2, 0) is 0 Å². The summed E-state index contributed by atoms with van der Waals surface area (Å²) in [5.74, 6) is 1.52. The van der Waals surface area contributed by atoms with Crippen molar-refractivity contribution in [3.8, 4) is 0 Å². The van der Waals surface area contributed by atoms with E-state index in [1.54, 1.807) is 4.52 Å². The number of aromatic nitrogens is 5. The lowest BCUT2D eigenvalue weighted by Gasteiger charge is -2.35. The molecule has 0 saturated carbocycles. The molecule has 0 bridgehead atoms. The van der Waals surface area contributed by atoms with Crippen molar-refractivity contribution >= 4 is 28.4 Å². The predicted octanol–water partition coefficient (Wildman–Crippen LogP) is 1.94. The van der Waals surface area contributed by atoms with Gasteiger partial charge in [-0.3, -0.25) is 4.79 Å². The smallest absolute Gasteiger partial charge is 0.272 e. The van der Waals surface area contributed by atoms with Crippen molar-refractivity contribution in [2.45, 2.75) is 6.92 Å². The molecule has 1 aromatic carbocycles. The van der Waals surface area contributed by atoms with Gasteiger partial charge in [-0.05, 0) is 19.1 Å². The van der Waals surface area contributed by atoms with E-state index in [0.717, 1.165) is 35.5 Å². The molecule has 4 aromatic rings. The normalized spacial score (nSPS) is 14.8. The van der Waals surface area contributed by atoms with Gasteiger partial charge in [0.1, 0.15) is 17.8 Å². The zero-order chi connectivity index (χ0) is 19.1. The SMILES string of the molecule is Cc1cc(N2CCN(C(=O)c3ccc4ccccc4n3)CC2)n2ncnc2n1. The molecular formula is C20H19N7O. The van der Waals surface area contributed by atoms with E-state index in [9.17, 15) is 4.79 Å². The topological polar surface area (TPSA) is 79.5 Å². The van der Waals surface area contributed by atoms with Crippen molar-refractivity contribution in [1.82, 2.24) is 29.5 Å². The molecule has 0 unspecified atom stereocenters. The van der Waals surface area contributed by atoms with E-state index in [1.807, 2.05) is 54.3 Å². The number of carbonyl (C=O) groups is 1. The van der Waals surface area contributed by atoms with E-state index in [1.165, 1.54) is 6.33 Å². The van der Waals surface area contributed by atoms with E-state index in [4.69, 9.17) is 0 Å². The number of nitrogens with zero attached hydrogens (tertiary/aromatic N) is 7. The fourth-order valence-electron chi connectivity index (χ4n) is 3.62. The first-order chi connectivity index (χ1) is 13.7. The van der Waals surface area contributed by atoms with Gasteiger partial charge in [-0.25, -0.2) is 9.97 Å². The second-order valence-corrected chi connectivity index (χ2v) is 6.90. The first-order valence-corrected chi connectivity index (χ1v) is 9.26. The summed E-state index contributed by atoms with van der Waals surface area (Å²) in [5.41, 5.74) is 2.23. The molecule has 0 aliphatic carbocycles. The molecule has 0 radical (unpaired) electrons. The number of hydrogen-bond acceptors (Lipinski definition) is 6. The molecule has 4 heterocycles. The summed E-state index contributed by atoms with van der Waals surface area (Å²) in [5, 5.41) is 5.31. The monoisotopic (exact) mass is 373 g/mol. The van der Waals surface area contributed by atoms with Crippen LogP contribution < -0.4 is 4.90 Å². The van der Waals surface area contributed by atoms with Crippen LogP contribution in [0.5, 0.6) is 0 Å². The van der Waals surface area contributed by atoms with Crippen LogP contribution in [0.4, 0.5) is 5.82 Å². The maximum atomic E-state index is 12.9. The fraction of sp³-hybridized carbons (Fsp3) is 0.250. The van der Waals surface area contributed by atoms with Gasteiger partial charge in [-0.2, -0.15) is 14.6 Å². The molecule has 1 fully saturated rings. The molecule has 140 valence electrons. The molecular weight excluding hydrogens is 354 g/mol. The molecule has 0 atom stereocenters. The van der Waals surface area contributed by atoms with Gasteiger partial charge in [0, 0.05) is 43.3 Å². The lowest BCUT2D eigenvalue weighted by Crippen LogP contribution is -2.49. The Hall–Kier alpha value is -3.55. The maximum Gasteiger partial charge on any atom is 0.272 e. The van der Waals surface area contributed by atoms with Crippen molar-refractivity contribution in [1.29, 1.82) is 0 Å². The summed E-state index contributed by atoms with van der Waals surface area (Å²) in [6.45, 7) is 4.65. The van der Waals surface area contributed by atoms with Crippen molar-refractivity contribution < 1.29 is 4.79 Å². The first-order valence-electron chi connectivity index (χ1n) is 9.26. The highest BCUT2D eigenvalue weighted by Gasteiger charge is 2.25. The summed E-state index contributed by atoms with van der Waals surface area (Å²) >= 11 is 0. The van der Waals surface area contributed by atoms with Gasteiger partial charge in [-0.15, -0.1) is 0 Å². The predicted molar refractivity (Wildman–Crippen MR) is 105 cm³/mol. The number of aryl methyl sites for hydroxylation is 1. The van der Waals surface area contributed by atoms with Gasteiger partial charge < -0.3 is 9.80 Å². The Kier molecular flexibility index (Phi) is 3.89. The highest BCUT2D eigenvalue weighted by Crippen LogP contribution is 2.19. The largest absolute Gasteiger partial charge is 0.353 e. The zero-order valence-corrected chi connectivity index (χ0v) is 15.5. The van der Waals surface area contributed by atoms with Crippen LogP contribution in [0.1, 0.15) is 16.2 Å². The molecule has 0 spiro atoms. The number of pyridine rings is 1. The van der Waals surface area contributed by atoms with Crippen molar-refractivity contribution in [2.24, 2.45) is 0 Å². The summed E-state index contributed by atoms with van der Waals surface area (Å²) < 4.78 is 1.75. The van der Waals surface area contributed by atoms with Crippen LogP contribution in [0.3, 0.4) is 0 Å². The van der Waals surface area contributed by atoms with Gasteiger partial charge in [0.05, 0.1) is 5.52 Å². The Balaban J connectivity index is 1.34. The van der Waals surface area contributed by atoms with E-state index < -0.39 is 0 Å². The minimum absolute atomic E-state index is 0.0257. The number of piperazine rings is 1. The van der Waals surface area contributed by atoms with Crippen LogP contribution >= 0.6 is 0 Å². The number of carbonyl (C=O) groups excluding carboxylic acids is 1. The highest BCUT2D eigenvalue weighted by molar-refractivity contribution is 5.95. The molecule has 0 N–H and O–H groups in total. The second-order valence-electron chi connectivity index (χ2n) is 6.90. The molecule has 5 rings (SSSR count). The number of anilines is 1. The molecule has 1 amide bonds. The van der Waals surface area contributed by atoms with Crippen LogP contribution in [0.25, 0.3) is 16.7 Å². The number of benzene rings is 1. The number of hydrogen-bond donors (Lipinski definition) is 0. The molecule has 1 aliphatic heterocycles. The van der Waals surface area contributed by atoms with Crippen LogP contribution in [0.2, 0.25) is 0 Å². The fourth-order valence-corrected chi connectivity index (χ4v) is 3.62. The van der Waals surface area contributed by atoms with Crippen molar-refractivity contribution in [3.63, 3.8) is 0 Å². The van der Waals surface area contributed by atoms with E-state index in [0.29, 0.717) is 24.6 Å². The Morgan fingerprint density at radius 1 is 1.00 bits per heavy atom. The van der Waals surface area contributed by atoms with Gasteiger partial charge in [0.2, 0.25) is 0 Å². The molecule has 1 aliphatic rings. The summed E-state index contributed by atoms with van der Waals surface area (Å²) in [7, 11) is 0. The number of para-hydroxylation sites is 1. The van der Waals surface area contributed by atoms with E-state index >= 15 is 0 Å². The molecule has 8 heteroatoms. The van der Waals surface area contributed by atoms with E-state index in [-0.39, 0.29) is 5.91 Å². The third-order valence-electron chi connectivity index (χ3n) is 5.07. The van der Waals surface area contributed by atoms with Crippen molar-refractivity contribution in [2.75, 3.05) is 31.1 Å². The van der Waals surface area contributed by atoms with Gasteiger partial charge in [-0.1, -0.05) is 24.3 Å². The number of rotatable bonds is 2. The molecule has 1 saturated heterocycles. The Labute approximate surface area is 161 Å².